The molecule has 0 bridgehead atoms. The smallest absolute Gasteiger partial charge is 0.239 e. The van der Waals surface area contributed by atoms with Gasteiger partial charge in [-0.3, -0.25) is 9.69 Å². The Kier molecular flexibility index (Phi) is 5.41. The second-order valence-corrected chi connectivity index (χ2v) is 5.25. The Morgan fingerprint density at radius 1 is 1.50 bits per heavy atom. The number of amides is 1. The summed E-state index contributed by atoms with van der Waals surface area (Å²) in [4.78, 5) is 14.3. The van der Waals surface area contributed by atoms with Crippen molar-refractivity contribution in [2.75, 3.05) is 39.4 Å². The molecule has 0 spiro atoms. The molecule has 104 valence electrons. The number of morpholine rings is 1. The van der Waals surface area contributed by atoms with Crippen LogP contribution in [0.3, 0.4) is 0 Å². The molecule has 0 aliphatic carbocycles. The quantitative estimate of drug-likeness (QED) is 0.740. The maximum absolute atomic E-state index is 11.8. The molecule has 1 amide bonds. The molecule has 2 N–H and O–H groups in total. The average Bonchev–Trinajstić information content (AvgIpc) is 2.42. The van der Waals surface area contributed by atoms with Gasteiger partial charge >= 0.3 is 0 Å². The molecule has 0 saturated carbocycles. The zero-order valence-electron chi connectivity index (χ0n) is 11.3. The number of nitrogens with zero attached hydrogens (tertiary/aromatic N) is 1. The SMILES string of the molecule is CC1CCCCN1CCNC(=O)C1COCCN1. The Balaban J connectivity index is 1.63. The molecule has 18 heavy (non-hydrogen) atoms. The highest BCUT2D eigenvalue weighted by molar-refractivity contribution is 5.81. The molecule has 2 unspecified atom stereocenters. The van der Waals surface area contributed by atoms with Crippen LogP contribution in [0.15, 0.2) is 0 Å². The van der Waals surface area contributed by atoms with E-state index in [2.05, 4.69) is 22.5 Å². The molecule has 2 heterocycles. The van der Waals surface area contributed by atoms with Crippen LogP contribution < -0.4 is 10.6 Å². The van der Waals surface area contributed by atoms with Crippen LogP contribution in [0.1, 0.15) is 26.2 Å². The molecule has 2 saturated heterocycles. The summed E-state index contributed by atoms with van der Waals surface area (Å²) in [5.41, 5.74) is 0. The standard InChI is InChI=1S/C13H25N3O2/c1-11-4-2-3-7-16(11)8-5-15-13(17)12-10-18-9-6-14-12/h11-12,14H,2-10H2,1H3,(H,15,17). The van der Waals surface area contributed by atoms with Gasteiger partial charge in [-0.25, -0.2) is 0 Å². The van der Waals surface area contributed by atoms with Crippen molar-refractivity contribution in [3.63, 3.8) is 0 Å². The lowest BCUT2D eigenvalue weighted by Gasteiger charge is -2.33. The first-order valence-corrected chi connectivity index (χ1v) is 7.10. The van der Waals surface area contributed by atoms with Crippen molar-refractivity contribution in [1.29, 1.82) is 0 Å². The molecule has 2 aliphatic heterocycles. The highest BCUT2D eigenvalue weighted by Crippen LogP contribution is 2.15. The van der Waals surface area contributed by atoms with E-state index in [4.69, 9.17) is 4.74 Å². The van der Waals surface area contributed by atoms with Gasteiger partial charge in [-0.05, 0) is 26.3 Å². The first kappa shape index (κ1) is 13.8. The monoisotopic (exact) mass is 255 g/mol. The maximum atomic E-state index is 11.8. The Hall–Kier alpha value is -0.650. The van der Waals surface area contributed by atoms with E-state index in [0.717, 1.165) is 19.6 Å². The van der Waals surface area contributed by atoms with E-state index < -0.39 is 0 Å². The van der Waals surface area contributed by atoms with Gasteiger partial charge in [0.25, 0.3) is 0 Å². The highest BCUT2D eigenvalue weighted by atomic mass is 16.5. The van der Waals surface area contributed by atoms with Crippen molar-refractivity contribution in [3.05, 3.63) is 0 Å². The van der Waals surface area contributed by atoms with Gasteiger partial charge in [0.15, 0.2) is 0 Å². The molecule has 0 aromatic carbocycles. The summed E-state index contributed by atoms with van der Waals surface area (Å²) in [5, 5.41) is 6.16. The third-order valence-corrected chi connectivity index (χ3v) is 3.88. The van der Waals surface area contributed by atoms with Crippen LogP contribution in [0, 0.1) is 0 Å². The zero-order valence-corrected chi connectivity index (χ0v) is 11.3. The second-order valence-electron chi connectivity index (χ2n) is 5.25. The summed E-state index contributed by atoms with van der Waals surface area (Å²) < 4.78 is 5.28. The van der Waals surface area contributed by atoms with Gasteiger partial charge in [0.05, 0.1) is 13.2 Å². The van der Waals surface area contributed by atoms with E-state index in [1.54, 1.807) is 0 Å². The fraction of sp³-hybridized carbons (Fsp3) is 0.923. The molecular formula is C13H25N3O2. The van der Waals surface area contributed by atoms with Gasteiger partial charge in [0.2, 0.25) is 5.91 Å². The Labute approximate surface area is 109 Å². The average molecular weight is 255 g/mol. The molecular weight excluding hydrogens is 230 g/mol. The summed E-state index contributed by atoms with van der Waals surface area (Å²) in [6.07, 6.45) is 3.91. The van der Waals surface area contributed by atoms with Crippen LogP contribution >= 0.6 is 0 Å². The number of carbonyl (C=O) groups excluding carboxylic acids is 1. The number of ether oxygens (including phenoxy) is 1. The van der Waals surface area contributed by atoms with E-state index in [0.29, 0.717) is 19.3 Å². The van der Waals surface area contributed by atoms with Gasteiger partial charge in [0, 0.05) is 25.7 Å². The van der Waals surface area contributed by atoms with Gasteiger partial charge in [-0.1, -0.05) is 6.42 Å². The third kappa shape index (κ3) is 3.93. The molecule has 2 fully saturated rings. The van der Waals surface area contributed by atoms with Crippen molar-refractivity contribution < 1.29 is 9.53 Å². The van der Waals surface area contributed by atoms with Crippen LogP contribution in [-0.2, 0) is 9.53 Å². The molecule has 5 heteroatoms. The van der Waals surface area contributed by atoms with E-state index in [1.807, 2.05) is 0 Å². The number of carbonyl (C=O) groups is 1. The summed E-state index contributed by atoms with van der Waals surface area (Å²) in [6, 6.07) is 0.490. The lowest BCUT2D eigenvalue weighted by Crippen LogP contribution is -2.52. The zero-order chi connectivity index (χ0) is 12.8. The van der Waals surface area contributed by atoms with Gasteiger partial charge in [-0.2, -0.15) is 0 Å². The van der Waals surface area contributed by atoms with Crippen molar-refractivity contribution in [2.45, 2.75) is 38.3 Å². The summed E-state index contributed by atoms with van der Waals surface area (Å²) in [7, 11) is 0. The lowest BCUT2D eigenvalue weighted by molar-refractivity contribution is -0.126. The normalized spacial score (nSPS) is 30.1. The van der Waals surface area contributed by atoms with Crippen LogP contribution in [0.5, 0.6) is 0 Å². The van der Waals surface area contributed by atoms with Crippen LogP contribution in [-0.4, -0.2) is 62.3 Å². The van der Waals surface area contributed by atoms with Crippen LogP contribution in [0.25, 0.3) is 0 Å². The topological polar surface area (TPSA) is 53.6 Å². The minimum absolute atomic E-state index is 0.0689. The number of nitrogens with one attached hydrogen (secondary N) is 2. The summed E-state index contributed by atoms with van der Waals surface area (Å²) >= 11 is 0. The van der Waals surface area contributed by atoms with Crippen molar-refractivity contribution in [1.82, 2.24) is 15.5 Å². The van der Waals surface area contributed by atoms with Crippen molar-refractivity contribution in [2.24, 2.45) is 0 Å². The summed E-state index contributed by atoms with van der Waals surface area (Å²) in [5.74, 6) is 0.0689. The molecule has 0 radical (unpaired) electrons. The lowest BCUT2D eigenvalue weighted by atomic mass is 10.0. The molecule has 5 nitrogen and oxygen atoms in total. The fourth-order valence-electron chi connectivity index (χ4n) is 2.67. The fourth-order valence-corrected chi connectivity index (χ4v) is 2.67. The number of likely N-dealkylation sites (tertiary alicyclic amines) is 1. The van der Waals surface area contributed by atoms with Crippen molar-refractivity contribution >= 4 is 5.91 Å². The first-order chi connectivity index (χ1) is 8.77. The second kappa shape index (κ2) is 7.07. The minimum Gasteiger partial charge on any atom is -0.378 e. The Morgan fingerprint density at radius 3 is 3.11 bits per heavy atom. The maximum Gasteiger partial charge on any atom is 0.239 e. The van der Waals surface area contributed by atoms with E-state index in [9.17, 15) is 4.79 Å². The molecule has 0 aromatic rings. The van der Waals surface area contributed by atoms with Crippen LogP contribution in [0.4, 0.5) is 0 Å². The van der Waals surface area contributed by atoms with Crippen LogP contribution in [0.2, 0.25) is 0 Å². The number of piperidine rings is 1. The summed E-state index contributed by atoms with van der Waals surface area (Å²) in [6.45, 7) is 7.10. The Bertz CT molecular complexity index is 267. The first-order valence-electron chi connectivity index (χ1n) is 7.10. The number of hydrogen-bond acceptors (Lipinski definition) is 4. The highest BCUT2D eigenvalue weighted by Gasteiger charge is 2.21. The van der Waals surface area contributed by atoms with Gasteiger partial charge in [-0.15, -0.1) is 0 Å². The van der Waals surface area contributed by atoms with E-state index in [-0.39, 0.29) is 11.9 Å². The predicted molar refractivity (Wildman–Crippen MR) is 70.5 cm³/mol. The largest absolute Gasteiger partial charge is 0.378 e. The molecule has 2 rings (SSSR count). The molecule has 0 aromatic heterocycles. The molecule has 2 atom stereocenters. The predicted octanol–water partition coefficient (Wildman–Crippen LogP) is -0.0346. The number of rotatable bonds is 4. The Morgan fingerprint density at radius 2 is 2.39 bits per heavy atom. The third-order valence-electron chi connectivity index (χ3n) is 3.88. The van der Waals surface area contributed by atoms with Gasteiger partial charge in [0.1, 0.15) is 6.04 Å². The van der Waals surface area contributed by atoms with Crippen molar-refractivity contribution in [3.8, 4) is 0 Å². The number of hydrogen-bond donors (Lipinski definition) is 2. The minimum atomic E-state index is -0.169. The van der Waals surface area contributed by atoms with E-state index >= 15 is 0 Å². The van der Waals surface area contributed by atoms with E-state index in [1.165, 1.54) is 25.8 Å². The van der Waals surface area contributed by atoms with Gasteiger partial charge < -0.3 is 15.4 Å². The molecule has 2 aliphatic rings.